The number of rotatable bonds is 2. The summed E-state index contributed by atoms with van der Waals surface area (Å²) in [6.07, 6.45) is 1.04. The molecule has 3 rings (SSSR count). The molecule has 0 atom stereocenters. The highest BCUT2D eigenvalue weighted by molar-refractivity contribution is 5.95. The monoisotopic (exact) mass is 322 g/mol. The average Bonchev–Trinajstić information content (AvgIpc) is 2.80. The molecular weight excluding hydrogens is 296 g/mol. The van der Waals surface area contributed by atoms with Crippen LogP contribution in [-0.4, -0.2) is 48.9 Å². The van der Waals surface area contributed by atoms with Crippen molar-refractivity contribution in [3.05, 3.63) is 59.2 Å². The van der Waals surface area contributed by atoms with Crippen LogP contribution in [0.2, 0.25) is 0 Å². The van der Waals surface area contributed by atoms with E-state index in [0.29, 0.717) is 0 Å². The van der Waals surface area contributed by atoms with E-state index in [-0.39, 0.29) is 5.91 Å². The zero-order valence-corrected chi connectivity index (χ0v) is 14.9. The van der Waals surface area contributed by atoms with Gasteiger partial charge < -0.3 is 9.80 Å². The van der Waals surface area contributed by atoms with E-state index < -0.39 is 0 Å². The zero-order chi connectivity index (χ0) is 17.1. The number of carbonyl (C=O) groups is 1. The molecule has 0 N–H and O–H groups in total. The molecule has 24 heavy (non-hydrogen) atoms. The lowest BCUT2D eigenvalue weighted by atomic mass is 9.97. The van der Waals surface area contributed by atoms with Gasteiger partial charge in [-0.3, -0.25) is 4.79 Å². The predicted octanol–water partition coefficient (Wildman–Crippen LogP) is 3.75. The summed E-state index contributed by atoms with van der Waals surface area (Å²) in [5, 5.41) is 0. The van der Waals surface area contributed by atoms with Gasteiger partial charge in [0.05, 0.1) is 0 Å². The van der Waals surface area contributed by atoms with E-state index >= 15 is 0 Å². The first-order valence-electron chi connectivity index (χ1n) is 8.70. The Balaban J connectivity index is 1.87. The summed E-state index contributed by atoms with van der Waals surface area (Å²) in [7, 11) is 2.12. The number of nitrogens with zero attached hydrogens (tertiary/aromatic N) is 2. The van der Waals surface area contributed by atoms with Crippen LogP contribution in [0.4, 0.5) is 0 Å². The molecule has 1 saturated heterocycles. The van der Waals surface area contributed by atoms with Crippen molar-refractivity contribution in [2.75, 3.05) is 33.2 Å². The lowest BCUT2D eigenvalue weighted by Gasteiger charge is -2.21. The van der Waals surface area contributed by atoms with Crippen LogP contribution < -0.4 is 0 Å². The molecule has 1 heterocycles. The normalized spacial score (nSPS) is 16.0. The van der Waals surface area contributed by atoms with Crippen molar-refractivity contribution in [2.24, 2.45) is 0 Å². The highest BCUT2D eigenvalue weighted by Crippen LogP contribution is 2.25. The van der Waals surface area contributed by atoms with Crippen LogP contribution in [0, 0.1) is 13.8 Å². The smallest absolute Gasteiger partial charge is 0.253 e. The largest absolute Gasteiger partial charge is 0.337 e. The lowest BCUT2D eigenvalue weighted by molar-refractivity contribution is 0.0763. The van der Waals surface area contributed by atoms with Crippen molar-refractivity contribution in [1.29, 1.82) is 0 Å². The second kappa shape index (κ2) is 7.18. The molecule has 0 aliphatic carbocycles. The summed E-state index contributed by atoms with van der Waals surface area (Å²) in [5.74, 6) is 0.152. The molecule has 2 aromatic carbocycles. The molecule has 0 radical (unpaired) electrons. The minimum absolute atomic E-state index is 0.152. The first-order valence-corrected chi connectivity index (χ1v) is 8.70. The van der Waals surface area contributed by atoms with E-state index in [1.165, 1.54) is 16.7 Å². The molecule has 0 aromatic heterocycles. The molecule has 1 fully saturated rings. The minimum atomic E-state index is 0.152. The fourth-order valence-corrected chi connectivity index (χ4v) is 3.23. The standard InChI is InChI=1S/C21H26N2O/c1-16-5-8-18(9-6-16)20-15-19(10-7-17(20)2)21(24)23-12-4-11-22(3)13-14-23/h5-10,15H,4,11-14H2,1-3H3. The Kier molecular flexibility index (Phi) is 5.00. The number of amides is 1. The zero-order valence-electron chi connectivity index (χ0n) is 14.9. The second-order valence-corrected chi connectivity index (χ2v) is 6.84. The number of likely N-dealkylation sites (N-methyl/N-ethyl adjacent to an activating group) is 1. The van der Waals surface area contributed by atoms with Crippen LogP contribution in [0.25, 0.3) is 11.1 Å². The number of benzene rings is 2. The van der Waals surface area contributed by atoms with Crippen molar-refractivity contribution >= 4 is 5.91 Å². The molecule has 2 aromatic rings. The van der Waals surface area contributed by atoms with E-state index in [2.05, 4.69) is 62.2 Å². The van der Waals surface area contributed by atoms with E-state index in [1.807, 2.05) is 11.0 Å². The van der Waals surface area contributed by atoms with Crippen molar-refractivity contribution in [3.8, 4) is 11.1 Å². The van der Waals surface area contributed by atoms with Gasteiger partial charge >= 0.3 is 0 Å². The molecule has 126 valence electrons. The Bertz CT molecular complexity index is 721. The topological polar surface area (TPSA) is 23.6 Å². The quantitative estimate of drug-likeness (QED) is 0.841. The molecule has 3 nitrogen and oxygen atoms in total. The highest BCUT2D eigenvalue weighted by atomic mass is 16.2. The molecular formula is C21H26N2O. The first kappa shape index (κ1) is 16.7. The van der Waals surface area contributed by atoms with Gasteiger partial charge in [0.1, 0.15) is 0 Å². The van der Waals surface area contributed by atoms with Gasteiger partial charge in [0.2, 0.25) is 0 Å². The average molecular weight is 322 g/mol. The minimum Gasteiger partial charge on any atom is -0.337 e. The number of hydrogen-bond donors (Lipinski definition) is 0. The van der Waals surface area contributed by atoms with Crippen molar-refractivity contribution in [2.45, 2.75) is 20.3 Å². The van der Waals surface area contributed by atoms with Crippen molar-refractivity contribution in [1.82, 2.24) is 9.80 Å². The molecule has 1 aliphatic heterocycles. The van der Waals surface area contributed by atoms with Crippen LogP contribution in [0.3, 0.4) is 0 Å². The fraction of sp³-hybridized carbons (Fsp3) is 0.381. The fourth-order valence-electron chi connectivity index (χ4n) is 3.23. The third-order valence-electron chi connectivity index (χ3n) is 4.85. The number of hydrogen-bond acceptors (Lipinski definition) is 2. The van der Waals surface area contributed by atoms with Gasteiger partial charge in [-0.05, 0) is 62.7 Å². The Labute approximate surface area is 144 Å². The van der Waals surface area contributed by atoms with Gasteiger partial charge in [-0.1, -0.05) is 35.9 Å². The second-order valence-electron chi connectivity index (χ2n) is 6.84. The van der Waals surface area contributed by atoms with Gasteiger partial charge in [0, 0.05) is 25.2 Å². The Hall–Kier alpha value is -2.13. The molecule has 0 saturated carbocycles. The summed E-state index contributed by atoms with van der Waals surface area (Å²) in [5.41, 5.74) is 5.56. The summed E-state index contributed by atoms with van der Waals surface area (Å²) >= 11 is 0. The third-order valence-corrected chi connectivity index (χ3v) is 4.85. The first-order chi connectivity index (χ1) is 11.5. The van der Waals surface area contributed by atoms with Crippen LogP contribution in [0.5, 0.6) is 0 Å². The van der Waals surface area contributed by atoms with Crippen molar-refractivity contribution < 1.29 is 4.79 Å². The highest BCUT2D eigenvalue weighted by Gasteiger charge is 2.19. The molecule has 3 heteroatoms. The van der Waals surface area contributed by atoms with Gasteiger partial charge in [-0.2, -0.15) is 0 Å². The van der Waals surface area contributed by atoms with Crippen LogP contribution >= 0.6 is 0 Å². The Morgan fingerprint density at radius 2 is 1.67 bits per heavy atom. The van der Waals surface area contributed by atoms with E-state index in [1.54, 1.807) is 0 Å². The van der Waals surface area contributed by atoms with Crippen LogP contribution in [-0.2, 0) is 0 Å². The maximum absolute atomic E-state index is 12.9. The number of carbonyl (C=O) groups excluding carboxylic acids is 1. The predicted molar refractivity (Wildman–Crippen MR) is 99.4 cm³/mol. The van der Waals surface area contributed by atoms with Crippen LogP contribution in [0.15, 0.2) is 42.5 Å². The molecule has 0 spiro atoms. The van der Waals surface area contributed by atoms with E-state index in [0.717, 1.165) is 43.7 Å². The summed E-state index contributed by atoms with van der Waals surface area (Å²) in [6.45, 7) is 7.85. The van der Waals surface area contributed by atoms with Gasteiger partial charge in [0.25, 0.3) is 5.91 Å². The maximum atomic E-state index is 12.9. The summed E-state index contributed by atoms with van der Waals surface area (Å²) in [6, 6.07) is 14.6. The van der Waals surface area contributed by atoms with Crippen molar-refractivity contribution in [3.63, 3.8) is 0 Å². The molecule has 1 amide bonds. The maximum Gasteiger partial charge on any atom is 0.253 e. The van der Waals surface area contributed by atoms with E-state index in [9.17, 15) is 4.79 Å². The van der Waals surface area contributed by atoms with Gasteiger partial charge in [-0.15, -0.1) is 0 Å². The molecule has 1 aliphatic rings. The lowest BCUT2D eigenvalue weighted by Crippen LogP contribution is -2.34. The SMILES string of the molecule is Cc1ccc(-c2cc(C(=O)N3CCCN(C)CC3)ccc2C)cc1. The van der Waals surface area contributed by atoms with Gasteiger partial charge in [0.15, 0.2) is 0 Å². The summed E-state index contributed by atoms with van der Waals surface area (Å²) in [4.78, 5) is 17.2. The van der Waals surface area contributed by atoms with Gasteiger partial charge in [-0.25, -0.2) is 0 Å². The number of aryl methyl sites for hydroxylation is 2. The van der Waals surface area contributed by atoms with E-state index in [4.69, 9.17) is 0 Å². The molecule has 0 unspecified atom stereocenters. The Morgan fingerprint density at radius 1 is 0.917 bits per heavy atom. The summed E-state index contributed by atoms with van der Waals surface area (Å²) < 4.78 is 0. The molecule has 0 bridgehead atoms. The third kappa shape index (κ3) is 3.68. The van der Waals surface area contributed by atoms with Crippen LogP contribution in [0.1, 0.15) is 27.9 Å². The Morgan fingerprint density at radius 3 is 2.42 bits per heavy atom.